The van der Waals surface area contributed by atoms with Crippen molar-refractivity contribution < 1.29 is 13.2 Å². The van der Waals surface area contributed by atoms with E-state index in [0.29, 0.717) is 37.4 Å². The first-order valence-electron chi connectivity index (χ1n) is 8.28. The van der Waals surface area contributed by atoms with Gasteiger partial charge in [-0.1, -0.05) is 19.1 Å². The maximum absolute atomic E-state index is 13.2. The topological polar surface area (TPSA) is 84.3 Å². The van der Waals surface area contributed by atoms with Crippen LogP contribution in [-0.4, -0.2) is 47.7 Å². The predicted octanol–water partition coefficient (Wildman–Crippen LogP) is 1.77. The Kier molecular flexibility index (Phi) is 6.57. The van der Waals surface area contributed by atoms with Gasteiger partial charge in [-0.15, -0.1) is 12.4 Å². The molecule has 2 aromatic rings. The second-order valence-electron chi connectivity index (χ2n) is 6.04. The number of rotatable bonds is 5. The number of aromatic nitrogens is 2. The fourth-order valence-corrected chi connectivity index (χ4v) is 4.69. The third-order valence-corrected chi connectivity index (χ3v) is 6.34. The smallest absolute Gasteiger partial charge is 0.243 e. The molecule has 142 valence electrons. The Bertz CT molecular complexity index is 882. The van der Waals surface area contributed by atoms with Gasteiger partial charge in [-0.2, -0.15) is 4.31 Å². The molecular formula is C17H23ClN4O3S. The molecule has 3 rings (SSSR count). The van der Waals surface area contributed by atoms with E-state index in [4.69, 9.17) is 0 Å². The van der Waals surface area contributed by atoms with Gasteiger partial charge in [-0.05, 0) is 12.1 Å². The Morgan fingerprint density at radius 1 is 1.38 bits per heavy atom. The molecule has 26 heavy (non-hydrogen) atoms. The number of nitrogens with zero attached hydrogens (tertiary/aromatic N) is 3. The number of imidazole rings is 1. The molecule has 0 spiro atoms. The van der Waals surface area contributed by atoms with Crippen LogP contribution < -0.4 is 5.32 Å². The summed E-state index contributed by atoms with van der Waals surface area (Å²) in [6.45, 7) is 3.19. The number of carbonyl (C=O) groups is 1. The molecule has 1 aliphatic heterocycles. The van der Waals surface area contributed by atoms with Crippen molar-refractivity contribution in [3.63, 3.8) is 0 Å². The van der Waals surface area contributed by atoms with Gasteiger partial charge >= 0.3 is 0 Å². The molecule has 1 atom stereocenters. The minimum atomic E-state index is -3.73. The van der Waals surface area contributed by atoms with Gasteiger partial charge in [0.15, 0.2) is 5.78 Å². The van der Waals surface area contributed by atoms with E-state index < -0.39 is 10.0 Å². The first-order chi connectivity index (χ1) is 11.9. The van der Waals surface area contributed by atoms with Gasteiger partial charge in [-0.25, -0.2) is 13.4 Å². The highest BCUT2D eigenvalue weighted by molar-refractivity contribution is 7.89. The molecule has 0 radical (unpaired) electrons. The monoisotopic (exact) mass is 398 g/mol. The Morgan fingerprint density at radius 3 is 2.81 bits per heavy atom. The fraction of sp³-hybridized carbons (Fsp3) is 0.412. The summed E-state index contributed by atoms with van der Waals surface area (Å²) in [5, 5.41) is 3.23. The van der Waals surface area contributed by atoms with Crippen LogP contribution in [0.5, 0.6) is 0 Å². The van der Waals surface area contributed by atoms with E-state index in [9.17, 15) is 13.2 Å². The molecule has 1 fully saturated rings. The van der Waals surface area contributed by atoms with Crippen molar-refractivity contribution in [3.05, 3.63) is 48.0 Å². The second kappa shape index (κ2) is 8.30. The van der Waals surface area contributed by atoms with Crippen molar-refractivity contribution in [2.45, 2.75) is 24.3 Å². The minimum absolute atomic E-state index is 0. The number of aryl methyl sites for hydroxylation is 1. The van der Waals surface area contributed by atoms with E-state index in [1.54, 1.807) is 37.5 Å². The zero-order valence-corrected chi connectivity index (χ0v) is 16.4. The lowest BCUT2D eigenvalue weighted by molar-refractivity contribution is 0.0988. The number of halogens is 1. The molecule has 1 unspecified atom stereocenters. The minimum Gasteiger partial charge on any atom is -0.337 e. The van der Waals surface area contributed by atoms with Crippen molar-refractivity contribution in [1.82, 2.24) is 19.2 Å². The summed E-state index contributed by atoms with van der Waals surface area (Å²) in [5.41, 5.74) is 0.423. The van der Waals surface area contributed by atoms with Gasteiger partial charge < -0.3 is 9.88 Å². The third kappa shape index (κ3) is 3.83. The van der Waals surface area contributed by atoms with E-state index in [0.717, 1.165) is 0 Å². The van der Waals surface area contributed by atoms with Gasteiger partial charge in [0, 0.05) is 51.1 Å². The Morgan fingerprint density at radius 2 is 2.15 bits per heavy atom. The summed E-state index contributed by atoms with van der Waals surface area (Å²) in [4.78, 5) is 16.4. The Labute approximate surface area is 159 Å². The standard InChI is InChI=1S/C17H22N4O3S.ClH/c1-3-16(22)13-5-4-6-14(11-13)25(23,24)21-10-7-18-12-15(21)17-19-8-9-20(17)2;/h4-6,8-9,11,15,18H,3,7,10,12H2,1-2H3;1H. The molecule has 0 aliphatic carbocycles. The van der Waals surface area contributed by atoms with Crippen LogP contribution in [0.25, 0.3) is 0 Å². The number of nitrogens with one attached hydrogen (secondary N) is 1. The first kappa shape index (κ1) is 20.6. The lowest BCUT2D eigenvalue weighted by atomic mass is 10.1. The summed E-state index contributed by atoms with van der Waals surface area (Å²) >= 11 is 0. The normalized spacial score (nSPS) is 18.3. The maximum Gasteiger partial charge on any atom is 0.243 e. The van der Waals surface area contributed by atoms with Crippen LogP contribution in [0.2, 0.25) is 0 Å². The van der Waals surface area contributed by atoms with Crippen LogP contribution in [0.3, 0.4) is 0 Å². The van der Waals surface area contributed by atoms with Gasteiger partial charge in [0.2, 0.25) is 10.0 Å². The number of hydrogen-bond acceptors (Lipinski definition) is 5. The average molecular weight is 399 g/mol. The number of sulfonamides is 1. The van der Waals surface area contributed by atoms with Crippen molar-refractivity contribution >= 4 is 28.2 Å². The first-order valence-corrected chi connectivity index (χ1v) is 9.72. The molecule has 1 aromatic heterocycles. The number of benzene rings is 1. The fourth-order valence-electron chi connectivity index (χ4n) is 3.06. The molecule has 0 bridgehead atoms. The number of Topliss-reactive ketones (excluding diaryl/α,β-unsaturated/α-hetero) is 1. The van der Waals surface area contributed by atoms with Gasteiger partial charge in [0.1, 0.15) is 5.82 Å². The van der Waals surface area contributed by atoms with Crippen molar-refractivity contribution in [1.29, 1.82) is 0 Å². The van der Waals surface area contributed by atoms with Gasteiger partial charge in [0.25, 0.3) is 0 Å². The molecular weight excluding hydrogens is 376 g/mol. The number of ketones is 1. The van der Waals surface area contributed by atoms with Crippen LogP contribution in [0, 0.1) is 0 Å². The van der Waals surface area contributed by atoms with E-state index >= 15 is 0 Å². The predicted molar refractivity (Wildman–Crippen MR) is 101 cm³/mol. The zero-order valence-electron chi connectivity index (χ0n) is 14.8. The summed E-state index contributed by atoms with van der Waals surface area (Å²) in [7, 11) is -1.88. The SMILES string of the molecule is CCC(=O)c1cccc(S(=O)(=O)N2CCNCC2c2nccn2C)c1.Cl. The highest BCUT2D eigenvalue weighted by atomic mass is 35.5. The van der Waals surface area contributed by atoms with Crippen molar-refractivity contribution in [2.75, 3.05) is 19.6 Å². The van der Waals surface area contributed by atoms with Crippen LogP contribution in [0.1, 0.15) is 35.6 Å². The molecule has 1 aromatic carbocycles. The quantitative estimate of drug-likeness (QED) is 0.776. The number of hydrogen-bond donors (Lipinski definition) is 1. The molecule has 0 saturated carbocycles. The molecule has 1 N–H and O–H groups in total. The van der Waals surface area contributed by atoms with Crippen LogP contribution in [0.4, 0.5) is 0 Å². The van der Waals surface area contributed by atoms with Crippen LogP contribution >= 0.6 is 12.4 Å². The summed E-state index contributed by atoms with van der Waals surface area (Å²) in [5.74, 6) is 0.620. The third-order valence-electron chi connectivity index (χ3n) is 4.43. The van der Waals surface area contributed by atoms with E-state index in [2.05, 4.69) is 10.3 Å². The Balaban J connectivity index is 0.00000243. The van der Waals surface area contributed by atoms with E-state index in [-0.39, 0.29) is 29.1 Å². The molecule has 1 aliphatic rings. The Hall–Kier alpha value is -1.74. The number of piperazine rings is 1. The molecule has 1 saturated heterocycles. The molecule has 7 nitrogen and oxygen atoms in total. The maximum atomic E-state index is 13.2. The van der Waals surface area contributed by atoms with Crippen LogP contribution in [0.15, 0.2) is 41.6 Å². The molecule has 2 heterocycles. The summed E-state index contributed by atoms with van der Waals surface area (Å²) in [6.07, 6.45) is 3.80. The van der Waals surface area contributed by atoms with E-state index in [1.807, 2.05) is 11.6 Å². The van der Waals surface area contributed by atoms with Crippen molar-refractivity contribution in [2.24, 2.45) is 7.05 Å². The summed E-state index contributed by atoms with van der Waals surface area (Å²) in [6, 6.07) is 5.90. The lowest BCUT2D eigenvalue weighted by Gasteiger charge is -2.34. The highest BCUT2D eigenvalue weighted by Gasteiger charge is 2.36. The van der Waals surface area contributed by atoms with Crippen molar-refractivity contribution in [3.8, 4) is 0 Å². The number of carbonyl (C=O) groups excluding carboxylic acids is 1. The van der Waals surface area contributed by atoms with Gasteiger partial charge in [0.05, 0.1) is 10.9 Å². The lowest BCUT2D eigenvalue weighted by Crippen LogP contribution is -2.49. The largest absolute Gasteiger partial charge is 0.337 e. The highest BCUT2D eigenvalue weighted by Crippen LogP contribution is 2.28. The van der Waals surface area contributed by atoms with E-state index in [1.165, 1.54) is 10.4 Å². The van der Waals surface area contributed by atoms with Crippen LogP contribution in [-0.2, 0) is 17.1 Å². The average Bonchev–Trinajstić information content (AvgIpc) is 3.07. The molecule has 0 amide bonds. The zero-order chi connectivity index (χ0) is 18.0. The summed E-state index contributed by atoms with van der Waals surface area (Å²) < 4.78 is 29.7. The second-order valence-corrected chi connectivity index (χ2v) is 7.93. The molecule has 9 heteroatoms. The van der Waals surface area contributed by atoms with Gasteiger partial charge in [-0.3, -0.25) is 4.79 Å².